The lowest BCUT2D eigenvalue weighted by atomic mass is 10.1. The van der Waals surface area contributed by atoms with E-state index in [0.29, 0.717) is 10.6 Å². The number of hydrogen-bond acceptors (Lipinski definition) is 1. The van der Waals surface area contributed by atoms with Crippen LogP contribution in [0.5, 0.6) is 0 Å². The maximum absolute atomic E-state index is 13.1. The fourth-order valence-corrected chi connectivity index (χ4v) is 1.56. The van der Waals surface area contributed by atoms with Crippen molar-refractivity contribution < 1.29 is 4.39 Å². The molecule has 0 spiro atoms. The summed E-state index contributed by atoms with van der Waals surface area (Å²) < 4.78 is 13.1. The van der Waals surface area contributed by atoms with Crippen molar-refractivity contribution in [2.45, 2.75) is 20.8 Å². The van der Waals surface area contributed by atoms with E-state index in [1.165, 1.54) is 12.1 Å². The molecule has 17 heavy (non-hydrogen) atoms. The van der Waals surface area contributed by atoms with E-state index in [-0.39, 0.29) is 5.82 Å². The lowest BCUT2D eigenvalue weighted by Gasteiger charge is -2.02. The molecule has 2 rings (SSSR count). The smallest absolute Gasteiger partial charge is 0.125 e. The second kappa shape index (κ2) is 6.36. The molecule has 1 nitrogen and oxygen atoms in total. The summed E-state index contributed by atoms with van der Waals surface area (Å²) >= 11 is 5.76. The number of halogens is 2. The number of nitrogens with zero attached hydrogens (tertiary/aromatic N) is 1. The number of pyridine rings is 1. The Labute approximate surface area is 106 Å². The minimum Gasteiger partial charge on any atom is -0.256 e. The van der Waals surface area contributed by atoms with Gasteiger partial charge < -0.3 is 0 Å². The fraction of sp³-hybridized carbons (Fsp3) is 0.214. The number of aromatic nitrogens is 1. The average Bonchev–Trinajstić information content (AvgIpc) is 2.31. The van der Waals surface area contributed by atoms with Crippen molar-refractivity contribution in [3.63, 3.8) is 0 Å². The van der Waals surface area contributed by atoms with Gasteiger partial charge in [0.1, 0.15) is 5.82 Å². The van der Waals surface area contributed by atoms with Crippen molar-refractivity contribution >= 4 is 11.6 Å². The van der Waals surface area contributed by atoms with Gasteiger partial charge in [-0.05, 0) is 36.8 Å². The van der Waals surface area contributed by atoms with Crippen LogP contribution in [0, 0.1) is 12.7 Å². The molecule has 0 radical (unpaired) electrons. The van der Waals surface area contributed by atoms with Crippen LogP contribution < -0.4 is 0 Å². The highest BCUT2D eigenvalue weighted by atomic mass is 35.5. The van der Waals surface area contributed by atoms with Crippen LogP contribution in [0.3, 0.4) is 0 Å². The van der Waals surface area contributed by atoms with Gasteiger partial charge in [0, 0.05) is 16.8 Å². The minimum absolute atomic E-state index is 0.347. The van der Waals surface area contributed by atoms with Crippen LogP contribution in [-0.4, -0.2) is 4.98 Å². The van der Waals surface area contributed by atoms with Crippen LogP contribution in [0.1, 0.15) is 19.4 Å². The monoisotopic (exact) mass is 251 g/mol. The van der Waals surface area contributed by atoms with E-state index in [4.69, 9.17) is 11.6 Å². The molecule has 0 bridgehead atoms. The van der Waals surface area contributed by atoms with Crippen molar-refractivity contribution in [1.82, 2.24) is 4.98 Å². The van der Waals surface area contributed by atoms with Crippen LogP contribution >= 0.6 is 11.6 Å². The largest absolute Gasteiger partial charge is 0.256 e. The Morgan fingerprint density at radius 1 is 1.12 bits per heavy atom. The van der Waals surface area contributed by atoms with Crippen LogP contribution in [0.15, 0.2) is 36.5 Å². The Morgan fingerprint density at radius 2 is 1.82 bits per heavy atom. The summed E-state index contributed by atoms with van der Waals surface area (Å²) in [5.74, 6) is -0.347. The Kier molecular flexibility index (Phi) is 5.11. The van der Waals surface area contributed by atoms with Crippen molar-refractivity contribution in [3.8, 4) is 11.3 Å². The van der Waals surface area contributed by atoms with Gasteiger partial charge in [-0.25, -0.2) is 4.39 Å². The SMILES string of the molecule is CC.Cc1ccc(-c2cc(F)cc(Cl)c2)nc1. The Bertz CT molecular complexity index is 460. The highest BCUT2D eigenvalue weighted by Gasteiger charge is 2.02. The van der Waals surface area contributed by atoms with Gasteiger partial charge >= 0.3 is 0 Å². The van der Waals surface area contributed by atoms with Crippen LogP contribution in [0.2, 0.25) is 5.02 Å². The van der Waals surface area contributed by atoms with Gasteiger partial charge in [-0.2, -0.15) is 0 Å². The van der Waals surface area contributed by atoms with Crippen molar-refractivity contribution in [3.05, 3.63) is 52.9 Å². The van der Waals surface area contributed by atoms with Crippen LogP contribution in [0.25, 0.3) is 11.3 Å². The predicted molar refractivity (Wildman–Crippen MR) is 70.7 cm³/mol. The lowest BCUT2D eigenvalue weighted by Crippen LogP contribution is -1.85. The summed E-state index contributed by atoms with van der Waals surface area (Å²) in [4.78, 5) is 4.21. The Hall–Kier alpha value is -1.41. The van der Waals surface area contributed by atoms with Gasteiger partial charge in [-0.3, -0.25) is 4.98 Å². The Balaban J connectivity index is 0.000000686. The van der Waals surface area contributed by atoms with E-state index in [0.717, 1.165) is 11.3 Å². The van der Waals surface area contributed by atoms with E-state index >= 15 is 0 Å². The van der Waals surface area contributed by atoms with Gasteiger partial charge in [0.15, 0.2) is 0 Å². The van der Waals surface area contributed by atoms with E-state index in [2.05, 4.69) is 4.98 Å². The first-order valence-electron chi connectivity index (χ1n) is 5.54. The molecule has 1 aromatic heterocycles. The third-order valence-corrected chi connectivity index (χ3v) is 2.29. The van der Waals surface area contributed by atoms with E-state index in [1.54, 1.807) is 12.3 Å². The van der Waals surface area contributed by atoms with Gasteiger partial charge in [0.05, 0.1) is 5.69 Å². The van der Waals surface area contributed by atoms with Crippen molar-refractivity contribution in [2.24, 2.45) is 0 Å². The molecule has 0 aliphatic rings. The molecule has 0 amide bonds. The fourth-order valence-electron chi connectivity index (χ4n) is 1.34. The number of hydrogen-bond donors (Lipinski definition) is 0. The summed E-state index contributed by atoms with van der Waals surface area (Å²) in [5.41, 5.74) is 2.49. The third-order valence-electron chi connectivity index (χ3n) is 2.07. The van der Waals surface area contributed by atoms with E-state index < -0.39 is 0 Å². The molecule has 90 valence electrons. The zero-order chi connectivity index (χ0) is 12.8. The summed E-state index contributed by atoms with van der Waals surface area (Å²) in [5, 5.41) is 0.382. The molecule has 0 aliphatic heterocycles. The first kappa shape index (κ1) is 13.7. The highest BCUT2D eigenvalue weighted by molar-refractivity contribution is 6.30. The Morgan fingerprint density at radius 3 is 2.35 bits per heavy atom. The quantitative estimate of drug-likeness (QED) is 0.704. The van der Waals surface area contributed by atoms with Crippen LogP contribution in [0.4, 0.5) is 4.39 Å². The summed E-state index contributed by atoms with van der Waals surface area (Å²) in [6, 6.07) is 8.17. The van der Waals surface area contributed by atoms with Gasteiger partial charge in [-0.15, -0.1) is 0 Å². The zero-order valence-corrected chi connectivity index (χ0v) is 10.9. The second-order valence-corrected chi connectivity index (χ2v) is 3.82. The maximum atomic E-state index is 13.1. The van der Waals surface area contributed by atoms with Gasteiger partial charge in [-0.1, -0.05) is 31.5 Å². The molecular weight excluding hydrogens is 237 g/mol. The standard InChI is InChI=1S/C12H9ClFN.C2H6/c1-8-2-3-12(15-7-8)9-4-10(13)6-11(14)5-9;1-2/h2-7H,1H3;1-2H3. The number of aryl methyl sites for hydroxylation is 1. The van der Waals surface area contributed by atoms with Crippen LogP contribution in [-0.2, 0) is 0 Å². The molecule has 0 saturated heterocycles. The van der Waals surface area contributed by atoms with E-state index in [1.807, 2.05) is 32.9 Å². The summed E-state index contributed by atoms with van der Waals surface area (Å²) in [6.45, 7) is 5.95. The molecule has 0 saturated carbocycles. The predicted octanol–water partition coefficient (Wildman–Crippen LogP) is 4.88. The van der Waals surface area contributed by atoms with Gasteiger partial charge in [0.25, 0.3) is 0 Å². The third kappa shape index (κ3) is 3.82. The first-order valence-corrected chi connectivity index (χ1v) is 5.92. The molecule has 0 atom stereocenters. The second-order valence-electron chi connectivity index (χ2n) is 3.38. The molecule has 3 heteroatoms. The minimum atomic E-state index is -0.347. The number of rotatable bonds is 1. The number of benzene rings is 1. The molecule has 1 aromatic carbocycles. The zero-order valence-electron chi connectivity index (χ0n) is 10.2. The molecule has 0 fully saturated rings. The normalized spacial score (nSPS) is 9.47. The average molecular weight is 252 g/mol. The molecular formula is C14H15ClFN. The lowest BCUT2D eigenvalue weighted by molar-refractivity contribution is 0.628. The summed E-state index contributed by atoms with van der Waals surface area (Å²) in [6.07, 6.45) is 1.74. The first-order chi connectivity index (χ1) is 8.15. The highest BCUT2D eigenvalue weighted by Crippen LogP contribution is 2.22. The molecule has 1 heterocycles. The molecule has 0 aliphatic carbocycles. The molecule has 0 N–H and O–H groups in total. The molecule has 0 unspecified atom stereocenters. The molecule has 2 aromatic rings. The van der Waals surface area contributed by atoms with E-state index in [9.17, 15) is 4.39 Å². The summed E-state index contributed by atoms with van der Waals surface area (Å²) in [7, 11) is 0. The maximum Gasteiger partial charge on any atom is 0.125 e. The van der Waals surface area contributed by atoms with Crippen molar-refractivity contribution in [1.29, 1.82) is 0 Å². The van der Waals surface area contributed by atoms with Crippen molar-refractivity contribution in [2.75, 3.05) is 0 Å². The topological polar surface area (TPSA) is 12.9 Å². The van der Waals surface area contributed by atoms with Gasteiger partial charge in [0.2, 0.25) is 0 Å².